The number of nitrogens with zero attached hydrogens (tertiary/aromatic N) is 2. The summed E-state index contributed by atoms with van der Waals surface area (Å²) in [6, 6.07) is 18.3. The Balaban J connectivity index is 1.35. The molecule has 0 saturated carbocycles. The first-order valence-corrected chi connectivity index (χ1v) is 9.10. The molecular formula is C21H27N3O. The minimum Gasteiger partial charge on any atom is -0.369 e. The summed E-state index contributed by atoms with van der Waals surface area (Å²) in [6.07, 6.45) is 0.989. The van der Waals surface area contributed by atoms with E-state index in [-0.39, 0.29) is 5.91 Å². The molecule has 0 unspecified atom stereocenters. The zero-order valence-corrected chi connectivity index (χ0v) is 14.9. The Hall–Kier alpha value is -2.33. The number of hydrogen-bond acceptors (Lipinski definition) is 3. The number of piperazine rings is 1. The molecule has 1 amide bonds. The molecule has 2 aromatic rings. The molecule has 1 heterocycles. The fourth-order valence-corrected chi connectivity index (χ4v) is 3.30. The number of hydrogen-bond donors (Lipinski definition) is 1. The quantitative estimate of drug-likeness (QED) is 0.823. The van der Waals surface area contributed by atoms with E-state index in [2.05, 4.69) is 45.4 Å². The smallest absolute Gasteiger partial charge is 0.251 e. The predicted molar refractivity (Wildman–Crippen MR) is 103 cm³/mol. The first kappa shape index (κ1) is 17.5. The number of para-hydroxylation sites is 1. The summed E-state index contributed by atoms with van der Waals surface area (Å²) in [5.41, 5.74) is 3.11. The summed E-state index contributed by atoms with van der Waals surface area (Å²) in [5.74, 6) is 0.0343. The number of anilines is 1. The third-order valence-electron chi connectivity index (χ3n) is 4.82. The Kier molecular flexibility index (Phi) is 6.07. The Bertz CT molecular complexity index is 679. The van der Waals surface area contributed by atoms with E-state index in [1.165, 1.54) is 5.69 Å². The van der Waals surface area contributed by atoms with E-state index in [1.807, 2.05) is 31.2 Å². The molecule has 1 aliphatic rings. The van der Waals surface area contributed by atoms with Crippen molar-refractivity contribution in [1.29, 1.82) is 0 Å². The number of carbonyl (C=O) groups excluding carboxylic acids is 1. The molecule has 0 spiro atoms. The van der Waals surface area contributed by atoms with Gasteiger partial charge in [-0.05, 0) is 43.7 Å². The second-order valence-electron chi connectivity index (χ2n) is 6.59. The van der Waals surface area contributed by atoms with E-state index in [0.717, 1.165) is 56.8 Å². The van der Waals surface area contributed by atoms with Gasteiger partial charge in [0.05, 0.1) is 0 Å². The number of benzene rings is 2. The van der Waals surface area contributed by atoms with Crippen molar-refractivity contribution in [1.82, 2.24) is 10.2 Å². The first-order valence-electron chi connectivity index (χ1n) is 9.10. The maximum Gasteiger partial charge on any atom is 0.251 e. The van der Waals surface area contributed by atoms with E-state index in [4.69, 9.17) is 0 Å². The Morgan fingerprint density at radius 2 is 1.64 bits per heavy atom. The zero-order chi connectivity index (χ0) is 17.5. The van der Waals surface area contributed by atoms with Gasteiger partial charge in [0.15, 0.2) is 0 Å². The number of nitrogens with one attached hydrogen (secondary N) is 1. The average Bonchev–Trinajstić information content (AvgIpc) is 2.66. The van der Waals surface area contributed by atoms with Crippen LogP contribution in [0.2, 0.25) is 0 Å². The zero-order valence-electron chi connectivity index (χ0n) is 14.9. The lowest BCUT2D eigenvalue weighted by molar-refractivity contribution is 0.0951. The largest absolute Gasteiger partial charge is 0.369 e. The van der Waals surface area contributed by atoms with Crippen LogP contribution in [-0.2, 0) is 0 Å². The van der Waals surface area contributed by atoms with Crippen molar-refractivity contribution in [2.24, 2.45) is 0 Å². The van der Waals surface area contributed by atoms with E-state index in [9.17, 15) is 4.79 Å². The van der Waals surface area contributed by atoms with Gasteiger partial charge in [0.1, 0.15) is 0 Å². The van der Waals surface area contributed by atoms with Gasteiger partial charge in [-0.25, -0.2) is 0 Å². The molecule has 1 aliphatic heterocycles. The lowest BCUT2D eigenvalue weighted by Gasteiger charge is -2.36. The van der Waals surface area contributed by atoms with Gasteiger partial charge in [-0.2, -0.15) is 0 Å². The number of rotatable bonds is 6. The molecule has 25 heavy (non-hydrogen) atoms. The minimum atomic E-state index is 0.0343. The van der Waals surface area contributed by atoms with E-state index in [0.29, 0.717) is 0 Å². The molecule has 0 radical (unpaired) electrons. The average molecular weight is 337 g/mol. The summed E-state index contributed by atoms with van der Waals surface area (Å²) >= 11 is 0. The van der Waals surface area contributed by atoms with Crippen LogP contribution in [0.1, 0.15) is 22.3 Å². The molecule has 0 bridgehead atoms. The molecule has 4 nitrogen and oxygen atoms in total. The van der Waals surface area contributed by atoms with Gasteiger partial charge in [-0.15, -0.1) is 0 Å². The Labute approximate surface area is 150 Å². The molecule has 0 atom stereocenters. The van der Waals surface area contributed by atoms with Crippen molar-refractivity contribution >= 4 is 11.6 Å². The summed E-state index contributed by atoms with van der Waals surface area (Å²) in [5, 5.41) is 3.04. The summed E-state index contributed by atoms with van der Waals surface area (Å²) in [7, 11) is 0. The molecular weight excluding hydrogens is 310 g/mol. The molecule has 1 fully saturated rings. The van der Waals surface area contributed by atoms with Crippen LogP contribution < -0.4 is 10.2 Å². The van der Waals surface area contributed by atoms with Crippen LogP contribution in [0, 0.1) is 6.92 Å². The maximum absolute atomic E-state index is 12.2. The van der Waals surface area contributed by atoms with Crippen molar-refractivity contribution in [3.8, 4) is 0 Å². The van der Waals surface area contributed by atoms with Gasteiger partial charge in [0.25, 0.3) is 5.91 Å². The number of amides is 1. The van der Waals surface area contributed by atoms with Crippen LogP contribution in [0.15, 0.2) is 54.6 Å². The van der Waals surface area contributed by atoms with Gasteiger partial charge in [-0.1, -0.05) is 36.4 Å². The highest BCUT2D eigenvalue weighted by atomic mass is 16.1. The predicted octanol–water partition coefficient (Wildman–Crippen LogP) is 2.94. The molecule has 4 heteroatoms. The second kappa shape index (κ2) is 8.67. The normalized spacial score (nSPS) is 15.2. The van der Waals surface area contributed by atoms with Crippen LogP contribution >= 0.6 is 0 Å². The van der Waals surface area contributed by atoms with Crippen molar-refractivity contribution in [3.63, 3.8) is 0 Å². The summed E-state index contributed by atoms with van der Waals surface area (Å²) < 4.78 is 0. The highest BCUT2D eigenvalue weighted by molar-refractivity contribution is 5.95. The topological polar surface area (TPSA) is 35.6 Å². The van der Waals surface area contributed by atoms with Gasteiger partial charge >= 0.3 is 0 Å². The van der Waals surface area contributed by atoms with Crippen molar-refractivity contribution < 1.29 is 4.79 Å². The van der Waals surface area contributed by atoms with Crippen LogP contribution in [0.4, 0.5) is 5.69 Å². The fraction of sp³-hybridized carbons (Fsp3) is 0.381. The highest BCUT2D eigenvalue weighted by Crippen LogP contribution is 2.15. The SMILES string of the molecule is Cc1ccccc1C(=O)NCCCN1CCN(c2ccccc2)CC1. The standard InChI is InChI=1S/C21H27N3O/c1-18-8-5-6-11-20(18)21(25)22-12-7-13-23-14-16-24(17-15-23)19-9-3-2-4-10-19/h2-6,8-11H,7,12-17H2,1H3,(H,22,25). The Morgan fingerprint density at radius 3 is 2.36 bits per heavy atom. The van der Waals surface area contributed by atoms with Crippen molar-refractivity contribution in [2.45, 2.75) is 13.3 Å². The lowest BCUT2D eigenvalue weighted by atomic mass is 10.1. The minimum absolute atomic E-state index is 0.0343. The van der Waals surface area contributed by atoms with Crippen molar-refractivity contribution in [3.05, 3.63) is 65.7 Å². The third kappa shape index (κ3) is 4.83. The van der Waals surface area contributed by atoms with Crippen LogP contribution in [0.5, 0.6) is 0 Å². The van der Waals surface area contributed by atoms with Crippen molar-refractivity contribution in [2.75, 3.05) is 44.2 Å². The lowest BCUT2D eigenvalue weighted by Crippen LogP contribution is -2.47. The Morgan fingerprint density at radius 1 is 0.960 bits per heavy atom. The fourth-order valence-electron chi connectivity index (χ4n) is 3.30. The maximum atomic E-state index is 12.2. The van der Waals surface area contributed by atoms with Gasteiger partial charge in [0.2, 0.25) is 0 Å². The monoisotopic (exact) mass is 337 g/mol. The van der Waals surface area contributed by atoms with E-state index < -0.39 is 0 Å². The number of carbonyl (C=O) groups is 1. The van der Waals surface area contributed by atoms with E-state index >= 15 is 0 Å². The molecule has 3 rings (SSSR count). The van der Waals surface area contributed by atoms with Crippen LogP contribution in [0.25, 0.3) is 0 Å². The molecule has 1 N–H and O–H groups in total. The van der Waals surface area contributed by atoms with Gasteiger partial charge in [0, 0.05) is 44.0 Å². The molecule has 2 aromatic carbocycles. The van der Waals surface area contributed by atoms with Crippen LogP contribution in [-0.4, -0.2) is 50.1 Å². The van der Waals surface area contributed by atoms with E-state index in [1.54, 1.807) is 0 Å². The second-order valence-corrected chi connectivity index (χ2v) is 6.59. The first-order chi connectivity index (χ1) is 12.2. The molecule has 132 valence electrons. The third-order valence-corrected chi connectivity index (χ3v) is 4.82. The summed E-state index contributed by atoms with van der Waals surface area (Å²) in [4.78, 5) is 17.1. The molecule has 0 aliphatic carbocycles. The molecule has 0 aromatic heterocycles. The summed E-state index contributed by atoms with van der Waals surface area (Å²) in [6.45, 7) is 8.05. The van der Waals surface area contributed by atoms with Crippen LogP contribution in [0.3, 0.4) is 0 Å². The van der Waals surface area contributed by atoms with Gasteiger partial charge < -0.3 is 10.2 Å². The molecule has 1 saturated heterocycles. The number of aryl methyl sites for hydroxylation is 1. The van der Waals surface area contributed by atoms with Gasteiger partial charge in [-0.3, -0.25) is 9.69 Å². The highest BCUT2D eigenvalue weighted by Gasteiger charge is 2.16.